The van der Waals surface area contributed by atoms with Crippen LogP contribution in [-0.4, -0.2) is 27.7 Å². The molecule has 0 saturated heterocycles. The van der Waals surface area contributed by atoms with Crippen LogP contribution in [0.3, 0.4) is 0 Å². The standard InChI is InChI=1S/C21H22O6/c1-11(2)5-8-17(27-18(25)9-12(3)4)13-10-16(24)19-14(22)6-7-15(23)20(19)21(13)26/h5-7,9-10,17,24,26H,8H2,1-4H3/t17-/m0/s1. The molecule has 0 unspecified atom stereocenters. The molecule has 1 atom stereocenters. The largest absolute Gasteiger partial charge is 0.507 e. The first-order valence-electron chi connectivity index (χ1n) is 8.46. The van der Waals surface area contributed by atoms with Gasteiger partial charge in [0.05, 0.1) is 11.1 Å². The molecule has 0 fully saturated rings. The van der Waals surface area contributed by atoms with Gasteiger partial charge in [-0.1, -0.05) is 17.2 Å². The Bertz CT molecular complexity index is 894. The summed E-state index contributed by atoms with van der Waals surface area (Å²) in [5.74, 6) is -2.70. The SMILES string of the molecule is CC(C)=CC[C@H](OC(=O)C=C(C)C)c1cc(O)c2c(c1O)C(=O)C=CC2=O. The topological polar surface area (TPSA) is 101 Å². The number of ketones is 2. The lowest BCUT2D eigenvalue weighted by molar-refractivity contribution is -0.143. The van der Waals surface area contributed by atoms with Gasteiger partial charge in [0, 0.05) is 18.1 Å². The van der Waals surface area contributed by atoms with E-state index in [-0.39, 0.29) is 23.1 Å². The van der Waals surface area contributed by atoms with Crippen LogP contribution < -0.4 is 0 Å². The molecule has 1 aromatic rings. The molecule has 0 amide bonds. The van der Waals surface area contributed by atoms with Crippen LogP contribution in [0.5, 0.6) is 11.5 Å². The van der Waals surface area contributed by atoms with Crippen molar-refractivity contribution in [2.75, 3.05) is 0 Å². The lowest BCUT2D eigenvalue weighted by Gasteiger charge is -2.21. The highest BCUT2D eigenvalue weighted by atomic mass is 16.5. The Kier molecular flexibility index (Phi) is 6.00. The zero-order valence-corrected chi connectivity index (χ0v) is 15.7. The van der Waals surface area contributed by atoms with Crippen molar-refractivity contribution in [3.8, 4) is 11.5 Å². The first-order chi connectivity index (χ1) is 12.6. The summed E-state index contributed by atoms with van der Waals surface area (Å²) in [5.41, 5.74) is 1.24. The Labute approximate surface area is 157 Å². The van der Waals surface area contributed by atoms with Crippen molar-refractivity contribution in [2.45, 2.75) is 40.2 Å². The average molecular weight is 370 g/mol. The minimum Gasteiger partial charge on any atom is -0.507 e. The summed E-state index contributed by atoms with van der Waals surface area (Å²) in [6.45, 7) is 7.22. The van der Waals surface area contributed by atoms with Gasteiger partial charge in [0.25, 0.3) is 0 Å². The number of carbonyl (C=O) groups is 3. The summed E-state index contributed by atoms with van der Waals surface area (Å²) >= 11 is 0. The summed E-state index contributed by atoms with van der Waals surface area (Å²) in [6, 6.07) is 1.16. The van der Waals surface area contributed by atoms with E-state index in [9.17, 15) is 24.6 Å². The number of phenols is 2. The summed E-state index contributed by atoms with van der Waals surface area (Å²) in [7, 11) is 0. The van der Waals surface area contributed by atoms with Crippen molar-refractivity contribution in [2.24, 2.45) is 0 Å². The molecule has 0 aliphatic heterocycles. The quantitative estimate of drug-likeness (QED) is 0.352. The molecule has 27 heavy (non-hydrogen) atoms. The van der Waals surface area contributed by atoms with Gasteiger partial charge in [-0.15, -0.1) is 0 Å². The molecular formula is C21H22O6. The van der Waals surface area contributed by atoms with E-state index in [0.29, 0.717) is 0 Å². The number of carbonyl (C=O) groups excluding carboxylic acids is 3. The van der Waals surface area contributed by atoms with Crippen molar-refractivity contribution in [3.05, 3.63) is 58.2 Å². The fourth-order valence-corrected chi connectivity index (χ4v) is 2.72. The Morgan fingerprint density at radius 2 is 1.63 bits per heavy atom. The Hall–Kier alpha value is -3.15. The zero-order chi connectivity index (χ0) is 20.3. The predicted octanol–water partition coefficient (Wildman–Crippen LogP) is 3.94. The van der Waals surface area contributed by atoms with Crippen LogP contribution in [0.15, 0.2) is 41.5 Å². The number of rotatable bonds is 5. The predicted molar refractivity (Wildman–Crippen MR) is 99.9 cm³/mol. The average Bonchev–Trinajstić information content (AvgIpc) is 2.56. The number of ether oxygens (including phenoxy) is 1. The van der Waals surface area contributed by atoms with Gasteiger partial charge in [0.2, 0.25) is 0 Å². The van der Waals surface area contributed by atoms with Gasteiger partial charge in [0.1, 0.15) is 17.6 Å². The molecule has 142 valence electrons. The van der Waals surface area contributed by atoms with E-state index >= 15 is 0 Å². The van der Waals surface area contributed by atoms with Crippen molar-refractivity contribution in [1.29, 1.82) is 0 Å². The van der Waals surface area contributed by atoms with Crippen molar-refractivity contribution < 1.29 is 29.3 Å². The van der Waals surface area contributed by atoms with E-state index in [1.165, 1.54) is 6.08 Å². The molecule has 6 heteroatoms. The highest BCUT2D eigenvalue weighted by Gasteiger charge is 2.31. The van der Waals surface area contributed by atoms with Crippen LogP contribution in [0.2, 0.25) is 0 Å². The normalized spacial score (nSPS) is 13.6. The molecule has 6 nitrogen and oxygen atoms in total. The maximum atomic E-state index is 12.2. The highest BCUT2D eigenvalue weighted by Crippen LogP contribution is 2.41. The summed E-state index contributed by atoms with van der Waals surface area (Å²) in [6.07, 6.45) is 4.49. The Morgan fingerprint density at radius 1 is 1.04 bits per heavy atom. The molecule has 1 aromatic carbocycles. The summed E-state index contributed by atoms with van der Waals surface area (Å²) in [5, 5.41) is 20.9. The van der Waals surface area contributed by atoms with Crippen LogP contribution in [0, 0.1) is 0 Å². The summed E-state index contributed by atoms with van der Waals surface area (Å²) < 4.78 is 5.44. The number of aromatic hydroxyl groups is 2. The van der Waals surface area contributed by atoms with Crippen molar-refractivity contribution in [1.82, 2.24) is 0 Å². The molecule has 2 N–H and O–H groups in total. The van der Waals surface area contributed by atoms with Crippen LogP contribution in [0.25, 0.3) is 0 Å². The van der Waals surface area contributed by atoms with Crippen molar-refractivity contribution in [3.63, 3.8) is 0 Å². The first kappa shape index (κ1) is 20.2. The van der Waals surface area contributed by atoms with Crippen LogP contribution >= 0.6 is 0 Å². The van der Waals surface area contributed by atoms with Gasteiger partial charge >= 0.3 is 5.97 Å². The van der Waals surface area contributed by atoms with E-state index in [0.717, 1.165) is 29.4 Å². The van der Waals surface area contributed by atoms with E-state index in [2.05, 4.69) is 0 Å². The fourth-order valence-electron chi connectivity index (χ4n) is 2.72. The highest BCUT2D eigenvalue weighted by molar-refractivity contribution is 6.24. The minimum atomic E-state index is -0.937. The Morgan fingerprint density at radius 3 is 2.19 bits per heavy atom. The monoisotopic (exact) mass is 370 g/mol. The minimum absolute atomic E-state index is 0.0655. The number of hydrogen-bond acceptors (Lipinski definition) is 6. The molecule has 0 saturated carbocycles. The molecule has 1 aliphatic carbocycles. The summed E-state index contributed by atoms with van der Waals surface area (Å²) in [4.78, 5) is 36.2. The first-order valence-corrected chi connectivity index (χ1v) is 8.46. The van der Waals surface area contributed by atoms with E-state index < -0.39 is 35.1 Å². The van der Waals surface area contributed by atoms with Crippen molar-refractivity contribution >= 4 is 17.5 Å². The lowest BCUT2D eigenvalue weighted by atomic mass is 9.89. The number of hydrogen-bond donors (Lipinski definition) is 2. The Balaban J connectivity index is 2.57. The number of esters is 1. The molecular weight excluding hydrogens is 348 g/mol. The fraction of sp³-hybridized carbons (Fsp3) is 0.286. The molecule has 0 radical (unpaired) electrons. The van der Waals surface area contributed by atoms with Gasteiger partial charge in [-0.25, -0.2) is 4.79 Å². The molecule has 0 aromatic heterocycles. The van der Waals surface area contributed by atoms with Gasteiger partial charge in [-0.3, -0.25) is 9.59 Å². The molecule has 0 heterocycles. The molecule has 2 rings (SSSR count). The maximum Gasteiger partial charge on any atom is 0.331 e. The number of fused-ring (bicyclic) bond motifs is 1. The third-order valence-electron chi connectivity index (χ3n) is 3.94. The lowest BCUT2D eigenvalue weighted by Crippen LogP contribution is -2.16. The van der Waals surface area contributed by atoms with Crippen LogP contribution in [0.1, 0.15) is 66.5 Å². The molecule has 0 bridgehead atoms. The van der Waals surface area contributed by atoms with Gasteiger partial charge in [0.15, 0.2) is 11.6 Å². The van der Waals surface area contributed by atoms with Crippen LogP contribution in [0.4, 0.5) is 0 Å². The van der Waals surface area contributed by atoms with E-state index in [1.54, 1.807) is 13.8 Å². The smallest absolute Gasteiger partial charge is 0.331 e. The second kappa shape index (κ2) is 8.03. The third-order valence-corrected chi connectivity index (χ3v) is 3.94. The number of allylic oxidation sites excluding steroid dienone is 4. The van der Waals surface area contributed by atoms with Crippen LogP contribution in [-0.2, 0) is 9.53 Å². The van der Waals surface area contributed by atoms with Gasteiger partial charge < -0.3 is 14.9 Å². The number of benzene rings is 1. The third kappa shape index (κ3) is 4.53. The zero-order valence-electron chi connectivity index (χ0n) is 15.7. The van der Waals surface area contributed by atoms with Gasteiger partial charge in [-0.05, 0) is 45.9 Å². The molecule has 1 aliphatic rings. The maximum absolute atomic E-state index is 12.2. The number of phenolic OH excluding ortho intramolecular Hbond substituents is 2. The van der Waals surface area contributed by atoms with E-state index in [4.69, 9.17) is 4.74 Å². The van der Waals surface area contributed by atoms with E-state index in [1.807, 2.05) is 19.9 Å². The molecule has 0 spiro atoms. The van der Waals surface area contributed by atoms with Gasteiger partial charge in [-0.2, -0.15) is 0 Å². The second-order valence-electron chi connectivity index (χ2n) is 6.81. The second-order valence-corrected chi connectivity index (χ2v) is 6.81.